The van der Waals surface area contributed by atoms with E-state index in [4.69, 9.17) is 0 Å². The van der Waals surface area contributed by atoms with E-state index in [-0.39, 0.29) is 23.7 Å². The minimum atomic E-state index is -4.73. The molecule has 0 bridgehead atoms. The Hall–Kier alpha value is -3.12. The molecule has 2 aliphatic rings. The minimum absolute atomic E-state index is 0.0401. The second-order valence-corrected chi connectivity index (χ2v) is 8.57. The van der Waals surface area contributed by atoms with Crippen LogP contribution in [0, 0.1) is 11.8 Å². The van der Waals surface area contributed by atoms with Crippen LogP contribution >= 0.6 is 0 Å². The SMILES string of the molecule is O=C(C1CC(Cc2c[nH]c(=O)c(C(F)(F)F)c2)C1)N1CCN(c2ncc(C(F)(F)F)cn2)CC1. The van der Waals surface area contributed by atoms with Gasteiger partial charge in [-0.25, -0.2) is 9.97 Å². The summed E-state index contributed by atoms with van der Waals surface area (Å²) >= 11 is 0. The molecular formula is C21H21F6N5O2. The van der Waals surface area contributed by atoms with Crippen LogP contribution in [0.4, 0.5) is 32.3 Å². The third-order valence-corrected chi connectivity index (χ3v) is 6.22. The highest BCUT2D eigenvalue weighted by Gasteiger charge is 2.39. The highest BCUT2D eigenvalue weighted by molar-refractivity contribution is 5.80. The number of hydrogen-bond donors (Lipinski definition) is 1. The summed E-state index contributed by atoms with van der Waals surface area (Å²) in [5, 5.41) is 0. The molecule has 184 valence electrons. The molecule has 7 nitrogen and oxygen atoms in total. The van der Waals surface area contributed by atoms with Crippen molar-refractivity contribution >= 4 is 11.9 Å². The first-order valence-electron chi connectivity index (χ1n) is 10.6. The van der Waals surface area contributed by atoms with Crippen LogP contribution < -0.4 is 10.5 Å². The van der Waals surface area contributed by atoms with Crippen LogP contribution in [0.25, 0.3) is 0 Å². The van der Waals surface area contributed by atoms with E-state index in [9.17, 15) is 35.9 Å². The average molecular weight is 489 g/mol. The third kappa shape index (κ3) is 5.17. The Morgan fingerprint density at radius 1 is 1.00 bits per heavy atom. The fraction of sp³-hybridized carbons (Fsp3) is 0.524. The molecule has 2 aromatic rings. The van der Waals surface area contributed by atoms with Crippen molar-refractivity contribution in [2.75, 3.05) is 31.1 Å². The number of anilines is 1. The quantitative estimate of drug-likeness (QED) is 0.668. The van der Waals surface area contributed by atoms with Crippen molar-refractivity contribution in [3.05, 3.63) is 51.7 Å². The smallest absolute Gasteiger partial charge is 0.339 e. The highest BCUT2D eigenvalue weighted by Crippen LogP contribution is 2.38. The zero-order valence-electron chi connectivity index (χ0n) is 17.8. The second kappa shape index (κ2) is 8.91. The van der Waals surface area contributed by atoms with Crippen molar-refractivity contribution < 1.29 is 31.1 Å². The molecule has 1 saturated carbocycles. The molecule has 1 amide bonds. The molecule has 0 unspecified atom stereocenters. The number of nitrogens with one attached hydrogen (secondary N) is 1. The zero-order chi connectivity index (χ0) is 24.7. The summed E-state index contributed by atoms with van der Waals surface area (Å²) in [5.41, 5.74) is -2.97. The van der Waals surface area contributed by atoms with Crippen LogP contribution in [0.5, 0.6) is 0 Å². The molecule has 0 aromatic carbocycles. The van der Waals surface area contributed by atoms with Gasteiger partial charge in [-0.2, -0.15) is 26.3 Å². The summed E-state index contributed by atoms with van der Waals surface area (Å²) in [6.07, 6.45) is -5.08. The van der Waals surface area contributed by atoms with Gasteiger partial charge in [0, 0.05) is 50.7 Å². The van der Waals surface area contributed by atoms with Gasteiger partial charge in [0.1, 0.15) is 5.56 Å². The van der Waals surface area contributed by atoms with E-state index in [1.165, 1.54) is 6.20 Å². The summed E-state index contributed by atoms with van der Waals surface area (Å²) in [4.78, 5) is 37.2. The molecular weight excluding hydrogens is 468 g/mol. The van der Waals surface area contributed by atoms with Crippen molar-refractivity contribution in [2.24, 2.45) is 11.8 Å². The Labute approximate surface area is 189 Å². The fourth-order valence-corrected chi connectivity index (χ4v) is 4.31. The number of amides is 1. The summed E-state index contributed by atoms with van der Waals surface area (Å²) in [6.45, 7) is 1.51. The molecule has 0 radical (unpaired) electrons. The van der Waals surface area contributed by atoms with E-state index >= 15 is 0 Å². The lowest BCUT2D eigenvalue weighted by atomic mass is 9.71. The lowest BCUT2D eigenvalue weighted by Crippen LogP contribution is -2.52. The standard InChI is InChI=1S/C21H21F6N5O2/c22-20(23,24)15-10-29-19(30-11-15)32-3-1-31(2-4-32)18(34)14-6-12(7-14)5-13-8-16(21(25,26)27)17(33)28-9-13/h8-12,14H,1-7H2,(H,28,33). The van der Waals surface area contributed by atoms with Gasteiger partial charge in [-0.3, -0.25) is 9.59 Å². The van der Waals surface area contributed by atoms with Gasteiger partial charge in [0.05, 0.1) is 5.56 Å². The molecule has 2 aromatic heterocycles. The molecule has 1 aliphatic heterocycles. The van der Waals surface area contributed by atoms with E-state index in [0.29, 0.717) is 51.0 Å². The van der Waals surface area contributed by atoms with Gasteiger partial charge in [-0.1, -0.05) is 0 Å². The number of carbonyl (C=O) groups excluding carboxylic acids is 1. The van der Waals surface area contributed by atoms with E-state index in [2.05, 4.69) is 15.0 Å². The zero-order valence-corrected chi connectivity index (χ0v) is 17.8. The van der Waals surface area contributed by atoms with Crippen molar-refractivity contribution in [3.8, 4) is 0 Å². The number of aromatic amines is 1. The molecule has 1 saturated heterocycles. The number of carbonyl (C=O) groups is 1. The Balaban J connectivity index is 1.26. The number of rotatable bonds is 4. The number of piperazine rings is 1. The van der Waals surface area contributed by atoms with Gasteiger partial charge < -0.3 is 14.8 Å². The van der Waals surface area contributed by atoms with Crippen molar-refractivity contribution in [1.29, 1.82) is 0 Å². The predicted molar refractivity (Wildman–Crippen MR) is 108 cm³/mol. The number of nitrogens with zero attached hydrogens (tertiary/aromatic N) is 4. The van der Waals surface area contributed by atoms with E-state index in [1.807, 2.05) is 0 Å². The van der Waals surface area contributed by atoms with Crippen molar-refractivity contribution in [2.45, 2.75) is 31.6 Å². The Kier molecular flexibility index (Phi) is 6.30. The number of aromatic nitrogens is 3. The normalized spacial score (nSPS) is 21.4. The van der Waals surface area contributed by atoms with Crippen LogP contribution in [0.1, 0.15) is 29.5 Å². The molecule has 0 spiro atoms. The Morgan fingerprint density at radius 3 is 2.18 bits per heavy atom. The van der Waals surface area contributed by atoms with Gasteiger partial charge in [0.25, 0.3) is 5.56 Å². The predicted octanol–water partition coefficient (Wildman–Crippen LogP) is 3.12. The third-order valence-electron chi connectivity index (χ3n) is 6.22. The first-order valence-corrected chi connectivity index (χ1v) is 10.6. The maximum atomic E-state index is 12.9. The van der Waals surface area contributed by atoms with Crippen molar-refractivity contribution in [1.82, 2.24) is 19.9 Å². The van der Waals surface area contributed by atoms with Crippen LogP contribution in [0.15, 0.2) is 29.5 Å². The number of alkyl halides is 6. The molecule has 13 heteroatoms. The first kappa shape index (κ1) is 24.0. The topological polar surface area (TPSA) is 82.2 Å². The fourth-order valence-electron chi connectivity index (χ4n) is 4.31. The largest absolute Gasteiger partial charge is 0.421 e. The first-order chi connectivity index (χ1) is 15.9. The van der Waals surface area contributed by atoms with Crippen LogP contribution in [-0.2, 0) is 23.6 Å². The van der Waals surface area contributed by atoms with Gasteiger partial charge in [0.2, 0.25) is 11.9 Å². The summed E-state index contributed by atoms with van der Waals surface area (Å²) in [5.74, 6) is -0.0453. The molecule has 34 heavy (non-hydrogen) atoms. The van der Waals surface area contributed by atoms with Gasteiger partial charge >= 0.3 is 12.4 Å². The van der Waals surface area contributed by atoms with E-state index in [0.717, 1.165) is 18.5 Å². The van der Waals surface area contributed by atoms with Crippen molar-refractivity contribution in [3.63, 3.8) is 0 Å². The molecule has 0 atom stereocenters. The summed E-state index contributed by atoms with van der Waals surface area (Å²) < 4.78 is 76.7. The summed E-state index contributed by atoms with van der Waals surface area (Å²) in [7, 11) is 0. The Bertz CT molecular complexity index is 1080. The summed E-state index contributed by atoms with van der Waals surface area (Å²) in [6, 6.07) is 0.858. The molecule has 1 aliphatic carbocycles. The Morgan fingerprint density at radius 2 is 1.62 bits per heavy atom. The number of hydrogen-bond acceptors (Lipinski definition) is 5. The molecule has 1 N–H and O–H groups in total. The van der Waals surface area contributed by atoms with Crippen LogP contribution in [0.3, 0.4) is 0 Å². The van der Waals surface area contributed by atoms with Crippen LogP contribution in [-0.4, -0.2) is 51.9 Å². The lowest BCUT2D eigenvalue weighted by Gasteiger charge is -2.41. The maximum absolute atomic E-state index is 12.9. The van der Waals surface area contributed by atoms with E-state index < -0.39 is 29.0 Å². The minimum Gasteiger partial charge on any atom is -0.339 e. The van der Waals surface area contributed by atoms with Gasteiger partial charge in [0.15, 0.2) is 0 Å². The van der Waals surface area contributed by atoms with Crippen LogP contribution in [0.2, 0.25) is 0 Å². The molecule has 4 rings (SSSR count). The molecule has 3 heterocycles. The van der Waals surface area contributed by atoms with Gasteiger partial charge in [-0.05, 0) is 36.8 Å². The highest BCUT2D eigenvalue weighted by atomic mass is 19.4. The number of H-pyrrole nitrogens is 1. The lowest BCUT2D eigenvalue weighted by molar-refractivity contribution is -0.140. The monoisotopic (exact) mass is 489 g/mol. The second-order valence-electron chi connectivity index (χ2n) is 8.57. The number of pyridine rings is 1. The average Bonchev–Trinajstić information content (AvgIpc) is 2.75. The number of halogens is 6. The van der Waals surface area contributed by atoms with Gasteiger partial charge in [-0.15, -0.1) is 0 Å². The molecule has 2 fully saturated rings. The van der Waals surface area contributed by atoms with E-state index in [1.54, 1.807) is 9.80 Å². The maximum Gasteiger partial charge on any atom is 0.421 e.